The van der Waals surface area contributed by atoms with E-state index in [4.69, 9.17) is 12.1 Å². The number of fused-ring (bicyclic) bond motifs is 4. The van der Waals surface area contributed by atoms with Crippen LogP contribution >= 0.6 is 0 Å². The van der Waals surface area contributed by atoms with Crippen LogP contribution in [0.4, 0.5) is 0 Å². The van der Waals surface area contributed by atoms with Gasteiger partial charge in [0.15, 0.2) is 0 Å². The van der Waals surface area contributed by atoms with Crippen LogP contribution in [0.15, 0.2) is 144 Å². The van der Waals surface area contributed by atoms with Gasteiger partial charge >= 0.3 is 135 Å². The number of aryl methyl sites for hydroxylation is 1. The van der Waals surface area contributed by atoms with Crippen molar-refractivity contribution in [1.29, 1.82) is 0 Å². The van der Waals surface area contributed by atoms with Gasteiger partial charge in [-0.15, -0.1) is 18.2 Å². The molecule has 0 unspecified atom stereocenters. The van der Waals surface area contributed by atoms with Gasteiger partial charge in [-0.05, 0) is 54.4 Å². The minimum absolute atomic E-state index is 0. The second-order valence-electron chi connectivity index (χ2n) is 16.2. The zero-order chi connectivity index (χ0) is 40.8. The van der Waals surface area contributed by atoms with Gasteiger partial charge in [-0.25, -0.2) is 4.98 Å². The Balaban J connectivity index is 0.000000193. The summed E-state index contributed by atoms with van der Waals surface area (Å²) in [6, 6.07) is 51.5. The molecule has 0 atom stereocenters. The predicted molar refractivity (Wildman–Crippen MR) is 235 cm³/mol. The van der Waals surface area contributed by atoms with Crippen molar-refractivity contribution in [2.24, 2.45) is 5.41 Å². The number of pyridine rings is 2. The number of para-hydroxylation sites is 2. The van der Waals surface area contributed by atoms with Gasteiger partial charge in [0.05, 0.1) is 22.4 Å². The molecule has 5 nitrogen and oxygen atoms in total. The summed E-state index contributed by atoms with van der Waals surface area (Å²) in [6.07, 6.45) is 0.502. The third kappa shape index (κ3) is 8.60. The molecule has 0 fully saturated rings. The third-order valence-electron chi connectivity index (χ3n) is 9.66. The van der Waals surface area contributed by atoms with Crippen molar-refractivity contribution in [2.75, 3.05) is 0 Å². The number of rotatable bonds is 6. The summed E-state index contributed by atoms with van der Waals surface area (Å²) in [4.78, 5) is 14.3. The molecule has 9 rings (SSSR count). The molecule has 0 spiro atoms. The number of imidazole rings is 1. The van der Waals surface area contributed by atoms with E-state index in [-0.39, 0.29) is 20.1 Å². The molecule has 0 saturated heterocycles. The van der Waals surface area contributed by atoms with Gasteiger partial charge in [0.25, 0.3) is 0 Å². The van der Waals surface area contributed by atoms with E-state index < -0.39 is 25.1 Å². The van der Waals surface area contributed by atoms with Gasteiger partial charge in [0.2, 0.25) is 5.71 Å². The monoisotopic (exact) mass is 987 g/mol. The standard InChI is InChI=1S/C31H20N3O.C19H26GeN.Ir/c1-20-14-19-25-24-10-7-11-26(29(24)35-31(25)32-20)30-33-27-12-5-6-13-28(27)34(30)23-17-15-22(16-18-23)21-8-3-2-4-9-21;1-19(2,3)13-16-12-18(15-10-8-7-9-11-15)21-14-17(16)20(4,5)6;/h2-10,12-19H,1H3;7-10,12,14H,13H2,1-6H3;/q2*-1;/i;13D2;. The molecule has 0 N–H and O–H groups in total. The van der Waals surface area contributed by atoms with Crippen LogP contribution in [-0.4, -0.2) is 32.8 Å². The first-order valence-electron chi connectivity index (χ1n) is 20.0. The van der Waals surface area contributed by atoms with Crippen LogP contribution < -0.4 is 4.40 Å². The topological polar surface area (TPSA) is 56.7 Å². The van der Waals surface area contributed by atoms with Crippen LogP contribution in [-0.2, 0) is 26.5 Å². The molecular formula is C50H46GeIrN4O-2. The average Bonchev–Trinajstić information content (AvgIpc) is 3.79. The SMILES string of the molecule is Cc1ccc2c(n1)oc1c(-c3nc4ccccc4n3-c3ccc(-c4ccccc4)cc3)[c-]ccc12.[2H]C([2H])(c1cc(-c2[c-]cccc2)nc[c]1[Ge]([CH3])([CH3])[CH3])C(C)(C)C.[Ir]. The van der Waals surface area contributed by atoms with E-state index in [9.17, 15) is 0 Å². The maximum atomic E-state index is 8.76. The maximum absolute atomic E-state index is 8.76. The fraction of sp³-hybridized carbons (Fsp3) is 0.180. The third-order valence-corrected chi connectivity index (χ3v) is 13.9. The Kier molecular flexibility index (Phi) is 10.8. The summed E-state index contributed by atoms with van der Waals surface area (Å²) in [6.45, 7) is 7.85. The van der Waals surface area contributed by atoms with Gasteiger partial charge in [-0.1, -0.05) is 65.5 Å². The number of nitrogens with zero attached hydrogens (tertiary/aromatic N) is 4. The zero-order valence-corrected chi connectivity index (χ0v) is 37.8. The Morgan fingerprint density at radius 2 is 1.47 bits per heavy atom. The molecule has 0 amide bonds. The van der Waals surface area contributed by atoms with E-state index in [1.807, 2.05) is 107 Å². The second kappa shape index (κ2) is 16.4. The summed E-state index contributed by atoms with van der Waals surface area (Å²) in [5.41, 5.74) is 10.5. The molecule has 0 aliphatic rings. The Bertz CT molecular complexity index is 2900. The van der Waals surface area contributed by atoms with E-state index in [2.05, 4.69) is 105 Å². The zero-order valence-electron chi connectivity index (χ0n) is 35.3. The quantitative estimate of drug-likeness (QED) is 0.123. The molecule has 4 heterocycles. The van der Waals surface area contributed by atoms with Crippen LogP contribution in [0.3, 0.4) is 0 Å². The van der Waals surface area contributed by atoms with Gasteiger partial charge in [0.1, 0.15) is 0 Å². The van der Waals surface area contributed by atoms with Crippen molar-refractivity contribution >= 4 is 50.8 Å². The normalized spacial score (nSPS) is 12.5. The minimum Gasteiger partial charge on any atom is 0 e. The number of benzene rings is 5. The van der Waals surface area contributed by atoms with Gasteiger partial charge in [0, 0.05) is 36.9 Å². The van der Waals surface area contributed by atoms with Crippen LogP contribution in [0.2, 0.25) is 17.3 Å². The van der Waals surface area contributed by atoms with Crippen molar-refractivity contribution in [1.82, 2.24) is 19.5 Å². The molecule has 287 valence electrons. The van der Waals surface area contributed by atoms with Crippen LogP contribution in [0.5, 0.6) is 0 Å². The summed E-state index contributed by atoms with van der Waals surface area (Å²) >= 11 is -2.24. The summed E-state index contributed by atoms with van der Waals surface area (Å²) in [5.74, 6) is 7.65. The van der Waals surface area contributed by atoms with E-state index in [0.717, 1.165) is 71.4 Å². The Labute approximate surface area is 354 Å². The minimum atomic E-state index is -2.24. The molecule has 0 aliphatic carbocycles. The van der Waals surface area contributed by atoms with E-state index in [0.29, 0.717) is 5.71 Å². The fourth-order valence-corrected chi connectivity index (χ4v) is 9.96. The van der Waals surface area contributed by atoms with Gasteiger partial charge in [-0.2, -0.15) is 0 Å². The van der Waals surface area contributed by atoms with Gasteiger partial charge < -0.3 is 8.98 Å². The molecule has 1 radical (unpaired) electrons. The van der Waals surface area contributed by atoms with Crippen molar-refractivity contribution in [3.05, 3.63) is 163 Å². The number of furan rings is 1. The molecule has 0 bridgehead atoms. The first-order valence-corrected chi connectivity index (χ1v) is 26.4. The van der Waals surface area contributed by atoms with Gasteiger partial charge in [-0.3, -0.25) is 4.98 Å². The van der Waals surface area contributed by atoms with Crippen molar-refractivity contribution in [2.45, 2.75) is 51.3 Å². The average molecular weight is 986 g/mol. The molecular weight excluding hydrogens is 937 g/mol. The Morgan fingerprint density at radius 3 is 2.19 bits per heavy atom. The van der Waals surface area contributed by atoms with E-state index in [1.54, 1.807) is 0 Å². The number of hydrogen-bond acceptors (Lipinski definition) is 4. The van der Waals surface area contributed by atoms with Crippen LogP contribution in [0.25, 0.3) is 72.6 Å². The first kappa shape index (κ1) is 37.4. The summed E-state index contributed by atoms with van der Waals surface area (Å²) in [5, 5.41) is 2.01. The largest absolute Gasteiger partial charge is 0 e. The molecule has 4 aromatic heterocycles. The molecule has 0 aliphatic heterocycles. The Hall–Kier alpha value is -5.14. The van der Waals surface area contributed by atoms with E-state index in [1.165, 1.54) is 11.1 Å². The van der Waals surface area contributed by atoms with Crippen LogP contribution in [0, 0.1) is 24.5 Å². The van der Waals surface area contributed by atoms with Crippen LogP contribution in [0.1, 0.15) is 34.8 Å². The number of hydrogen-bond donors (Lipinski definition) is 0. The Morgan fingerprint density at radius 1 is 0.754 bits per heavy atom. The maximum Gasteiger partial charge on any atom is 0 e. The predicted octanol–water partition coefficient (Wildman–Crippen LogP) is 12.4. The fourth-order valence-electron chi connectivity index (χ4n) is 7.03. The van der Waals surface area contributed by atoms with E-state index >= 15 is 0 Å². The molecule has 0 saturated carbocycles. The molecule has 7 heteroatoms. The smallest absolute Gasteiger partial charge is 0 e. The molecule has 9 aromatic rings. The summed E-state index contributed by atoms with van der Waals surface area (Å²) < 4.78 is 27.1. The first-order chi connectivity index (χ1) is 27.7. The molecule has 5 aromatic carbocycles. The second-order valence-corrected chi connectivity index (χ2v) is 26.8. The van der Waals surface area contributed by atoms with Crippen molar-refractivity contribution in [3.63, 3.8) is 0 Å². The molecule has 57 heavy (non-hydrogen) atoms. The van der Waals surface area contributed by atoms with Crippen molar-refractivity contribution < 1.29 is 27.3 Å². The van der Waals surface area contributed by atoms with Crippen molar-refractivity contribution in [3.8, 4) is 39.5 Å². The summed E-state index contributed by atoms with van der Waals surface area (Å²) in [7, 11) is 0. The number of aromatic nitrogens is 4.